The van der Waals surface area contributed by atoms with E-state index < -0.39 is 5.41 Å². The highest BCUT2D eigenvalue weighted by Gasteiger charge is 2.47. The molecule has 0 aromatic carbocycles. The summed E-state index contributed by atoms with van der Waals surface area (Å²) in [5.74, 6) is 0.717. The molecule has 2 amide bonds. The number of pyridine rings is 1. The lowest BCUT2D eigenvalue weighted by Gasteiger charge is -2.31. The molecule has 2 aromatic rings. The Bertz CT molecular complexity index is 1040. The van der Waals surface area contributed by atoms with Crippen LogP contribution in [-0.2, 0) is 15.0 Å². The van der Waals surface area contributed by atoms with E-state index in [9.17, 15) is 9.59 Å². The van der Waals surface area contributed by atoms with Crippen LogP contribution in [0.15, 0.2) is 35.5 Å². The number of nitrogens with zero attached hydrogens (tertiary/aromatic N) is 3. The van der Waals surface area contributed by atoms with Crippen LogP contribution in [0.5, 0.6) is 0 Å². The molecule has 8 heteroatoms. The molecule has 2 fully saturated rings. The SMILES string of the molecule is O=C(/C=C/c1cnc2c(c1)C1(CCNCC1)C(=O)N2)N1CCC(=Cc2nccs2)CC1. The van der Waals surface area contributed by atoms with Crippen LogP contribution in [0.3, 0.4) is 0 Å². The number of carbonyl (C=O) groups excluding carboxylic acids is 2. The first-order valence-electron chi connectivity index (χ1n) is 10.7. The van der Waals surface area contributed by atoms with Crippen molar-refractivity contribution in [2.45, 2.75) is 31.1 Å². The van der Waals surface area contributed by atoms with Gasteiger partial charge in [-0.1, -0.05) is 5.57 Å². The number of thiazole rings is 1. The van der Waals surface area contributed by atoms with Crippen molar-refractivity contribution in [1.82, 2.24) is 20.2 Å². The van der Waals surface area contributed by atoms with Crippen molar-refractivity contribution in [3.63, 3.8) is 0 Å². The fourth-order valence-corrected chi connectivity index (χ4v) is 5.27. The lowest BCUT2D eigenvalue weighted by molar-refractivity contribution is -0.126. The first kappa shape index (κ1) is 20.1. The number of anilines is 1. The Kier molecular flexibility index (Phi) is 5.41. The van der Waals surface area contributed by atoms with E-state index in [0.29, 0.717) is 5.82 Å². The maximum atomic E-state index is 12.7. The molecule has 7 nitrogen and oxygen atoms in total. The Balaban J connectivity index is 1.25. The number of hydrogen-bond donors (Lipinski definition) is 2. The van der Waals surface area contributed by atoms with Crippen molar-refractivity contribution in [3.05, 3.63) is 51.6 Å². The van der Waals surface area contributed by atoms with Crippen LogP contribution in [-0.4, -0.2) is 52.9 Å². The van der Waals surface area contributed by atoms with Crippen molar-refractivity contribution in [1.29, 1.82) is 0 Å². The van der Waals surface area contributed by atoms with E-state index >= 15 is 0 Å². The van der Waals surface area contributed by atoms with E-state index in [1.165, 1.54) is 5.57 Å². The Morgan fingerprint density at radius 2 is 2.00 bits per heavy atom. The molecule has 0 bridgehead atoms. The Hall–Kier alpha value is -2.84. The second-order valence-corrected chi connectivity index (χ2v) is 9.21. The maximum absolute atomic E-state index is 12.7. The maximum Gasteiger partial charge on any atom is 0.246 e. The van der Waals surface area contributed by atoms with Gasteiger partial charge < -0.3 is 15.5 Å². The van der Waals surface area contributed by atoms with Gasteiger partial charge in [0.05, 0.1) is 5.41 Å². The zero-order valence-electron chi connectivity index (χ0n) is 17.3. The van der Waals surface area contributed by atoms with Gasteiger partial charge in [0, 0.05) is 42.5 Å². The summed E-state index contributed by atoms with van der Waals surface area (Å²) >= 11 is 1.63. The van der Waals surface area contributed by atoms with Gasteiger partial charge in [-0.3, -0.25) is 9.59 Å². The number of piperidine rings is 2. The van der Waals surface area contributed by atoms with Gasteiger partial charge >= 0.3 is 0 Å². The van der Waals surface area contributed by atoms with Crippen molar-refractivity contribution in [2.75, 3.05) is 31.5 Å². The van der Waals surface area contributed by atoms with Crippen molar-refractivity contribution >= 4 is 41.1 Å². The van der Waals surface area contributed by atoms with Crippen LogP contribution in [0, 0.1) is 0 Å². The molecule has 3 aliphatic heterocycles. The lowest BCUT2D eigenvalue weighted by Crippen LogP contribution is -2.44. The fourth-order valence-electron chi connectivity index (χ4n) is 4.65. The van der Waals surface area contributed by atoms with Gasteiger partial charge in [-0.2, -0.15) is 0 Å². The number of fused-ring (bicyclic) bond motifs is 2. The number of aromatic nitrogens is 2. The molecule has 5 rings (SSSR count). The monoisotopic (exact) mass is 435 g/mol. The van der Waals surface area contributed by atoms with E-state index in [0.717, 1.165) is 68.0 Å². The summed E-state index contributed by atoms with van der Waals surface area (Å²) in [5.41, 5.74) is 2.66. The molecule has 0 unspecified atom stereocenters. The summed E-state index contributed by atoms with van der Waals surface area (Å²) in [6, 6.07) is 2.01. The van der Waals surface area contributed by atoms with Crippen LogP contribution in [0.2, 0.25) is 0 Å². The molecule has 5 heterocycles. The number of hydrogen-bond acceptors (Lipinski definition) is 6. The first-order chi connectivity index (χ1) is 15.1. The zero-order valence-corrected chi connectivity index (χ0v) is 18.1. The highest BCUT2D eigenvalue weighted by molar-refractivity contribution is 7.10. The van der Waals surface area contributed by atoms with Crippen LogP contribution >= 0.6 is 11.3 Å². The second kappa shape index (κ2) is 8.36. The summed E-state index contributed by atoms with van der Waals surface area (Å²) in [6.45, 7) is 3.08. The second-order valence-electron chi connectivity index (χ2n) is 8.28. The molecule has 3 aliphatic rings. The molecule has 0 radical (unpaired) electrons. The molecular weight excluding hydrogens is 410 g/mol. The fraction of sp³-hybridized carbons (Fsp3) is 0.391. The van der Waals surface area contributed by atoms with Crippen molar-refractivity contribution in [2.24, 2.45) is 0 Å². The van der Waals surface area contributed by atoms with Crippen LogP contribution in [0.25, 0.3) is 12.2 Å². The number of likely N-dealkylation sites (tertiary alicyclic amines) is 1. The Morgan fingerprint density at radius 1 is 1.19 bits per heavy atom. The lowest BCUT2D eigenvalue weighted by atomic mass is 9.74. The van der Waals surface area contributed by atoms with Gasteiger partial charge in [-0.25, -0.2) is 9.97 Å². The van der Waals surface area contributed by atoms with Gasteiger partial charge in [0.1, 0.15) is 10.8 Å². The minimum absolute atomic E-state index is 0.0135. The third kappa shape index (κ3) is 3.93. The average molecular weight is 436 g/mol. The van der Waals surface area contributed by atoms with Crippen LogP contribution in [0.1, 0.15) is 41.8 Å². The third-order valence-electron chi connectivity index (χ3n) is 6.46. The van der Waals surface area contributed by atoms with Gasteiger partial charge in [0.25, 0.3) is 0 Å². The molecule has 2 aromatic heterocycles. The molecule has 1 spiro atoms. The van der Waals surface area contributed by atoms with Crippen LogP contribution < -0.4 is 10.6 Å². The predicted octanol–water partition coefficient (Wildman–Crippen LogP) is 2.83. The number of nitrogens with one attached hydrogen (secondary N) is 2. The standard InChI is InChI=1S/C23H25N5O2S/c29-20(28-10-3-16(4-11-28)14-19-25-9-12-31-19)2-1-17-13-18-21(26-15-17)27-22(30)23(18)5-7-24-8-6-23/h1-2,9,12-15,24H,3-8,10-11H2,(H,26,27,30)/b2-1+. The van der Waals surface area contributed by atoms with E-state index in [1.807, 2.05) is 28.6 Å². The quantitative estimate of drug-likeness (QED) is 0.724. The number of carbonyl (C=O) groups is 2. The molecule has 31 heavy (non-hydrogen) atoms. The van der Waals surface area contributed by atoms with Gasteiger partial charge in [-0.15, -0.1) is 11.3 Å². The summed E-state index contributed by atoms with van der Waals surface area (Å²) < 4.78 is 0. The third-order valence-corrected chi connectivity index (χ3v) is 7.19. The summed E-state index contributed by atoms with van der Waals surface area (Å²) in [5, 5.41) is 9.26. The minimum atomic E-state index is -0.492. The van der Waals surface area contributed by atoms with Gasteiger partial charge in [0.15, 0.2) is 0 Å². The predicted molar refractivity (Wildman–Crippen MR) is 122 cm³/mol. The molecule has 0 aliphatic carbocycles. The van der Waals surface area contributed by atoms with Gasteiger partial charge in [-0.05, 0) is 62.6 Å². The van der Waals surface area contributed by atoms with E-state index in [4.69, 9.17) is 0 Å². The minimum Gasteiger partial charge on any atom is -0.339 e. The largest absolute Gasteiger partial charge is 0.339 e. The van der Waals surface area contributed by atoms with E-state index in [2.05, 4.69) is 26.7 Å². The van der Waals surface area contributed by atoms with Crippen LogP contribution in [0.4, 0.5) is 5.82 Å². The van der Waals surface area contributed by atoms with Crippen molar-refractivity contribution < 1.29 is 9.59 Å². The molecule has 0 atom stereocenters. The van der Waals surface area contributed by atoms with E-state index in [1.54, 1.807) is 23.6 Å². The highest BCUT2D eigenvalue weighted by atomic mass is 32.1. The smallest absolute Gasteiger partial charge is 0.246 e. The molecule has 2 N–H and O–H groups in total. The number of rotatable bonds is 3. The van der Waals surface area contributed by atoms with E-state index in [-0.39, 0.29) is 11.8 Å². The normalized spacial score (nSPS) is 20.2. The highest BCUT2D eigenvalue weighted by Crippen LogP contribution is 2.43. The van der Waals surface area contributed by atoms with Gasteiger partial charge in [0.2, 0.25) is 11.8 Å². The molecular formula is C23H25N5O2S. The first-order valence-corrected chi connectivity index (χ1v) is 11.6. The topological polar surface area (TPSA) is 87.2 Å². The Morgan fingerprint density at radius 3 is 2.74 bits per heavy atom. The Labute approximate surface area is 185 Å². The summed E-state index contributed by atoms with van der Waals surface area (Å²) in [6.07, 6.45) is 12.4. The average Bonchev–Trinajstić information content (AvgIpc) is 3.40. The molecule has 0 saturated carbocycles. The molecule has 2 saturated heterocycles. The summed E-state index contributed by atoms with van der Waals surface area (Å²) in [7, 11) is 0. The summed E-state index contributed by atoms with van der Waals surface area (Å²) in [4.78, 5) is 36.0. The molecule has 160 valence electrons. The number of amides is 2. The van der Waals surface area contributed by atoms with Crippen molar-refractivity contribution in [3.8, 4) is 0 Å². The zero-order chi connectivity index (χ0) is 21.3.